The fraction of sp³-hybridized carbons (Fsp3) is 0.345. The summed E-state index contributed by atoms with van der Waals surface area (Å²) < 4.78 is 1.40. The Morgan fingerprint density at radius 2 is 1.83 bits per heavy atom. The number of carbonyl (C=O) groups is 2. The third-order valence-electron chi connectivity index (χ3n) is 5.54. The van der Waals surface area contributed by atoms with Crippen LogP contribution < -0.4 is 21.9 Å². The average molecular weight is 493 g/mol. The van der Waals surface area contributed by atoms with Crippen LogP contribution in [-0.4, -0.2) is 23.4 Å². The van der Waals surface area contributed by atoms with Crippen LogP contribution in [0.1, 0.15) is 56.0 Å². The van der Waals surface area contributed by atoms with Gasteiger partial charge in [0.05, 0.1) is 6.04 Å². The molecule has 0 saturated heterocycles. The predicted molar refractivity (Wildman–Crippen MR) is 149 cm³/mol. The number of carbonyl (C=O) groups excluding carboxylic acids is 2. The number of amides is 2. The summed E-state index contributed by atoms with van der Waals surface area (Å²) >= 11 is 0. The number of allylic oxidation sites excluding steroid dienone is 5. The number of rotatable bonds is 7. The lowest BCUT2D eigenvalue weighted by atomic mass is 9.88. The second kappa shape index (κ2) is 16.8. The van der Waals surface area contributed by atoms with Crippen LogP contribution in [0.2, 0.25) is 0 Å². The fourth-order valence-electron chi connectivity index (χ4n) is 3.74. The minimum absolute atomic E-state index is 0.0264. The number of hydrogen-bond acceptors (Lipinski definition) is 4. The van der Waals surface area contributed by atoms with Gasteiger partial charge in [-0.2, -0.15) is 0 Å². The van der Waals surface area contributed by atoms with Crippen LogP contribution in [0, 0.1) is 6.92 Å². The van der Waals surface area contributed by atoms with E-state index in [0.717, 1.165) is 24.8 Å². The van der Waals surface area contributed by atoms with E-state index in [1.165, 1.54) is 17.2 Å². The van der Waals surface area contributed by atoms with Crippen molar-refractivity contribution < 1.29 is 9.59 Å². The van der Waals surface area contributed by atoms with Crippen molar-refractivity contribution in [3.05, 3.63) is 101 Å². The van der Waals surface area contributed by atoms with Gasteiger partial charge in [0.2, 0.25) is 11.8 Å². The lowest BCUT2D eigenvalue weighted by molar-refractivity contribution is -0.122. The van der Waals surface area contributed by atoms with E-state index < -0.39 is 0 Å². The molecule has 1 aliphatic carbocycles. The number of nitrogens with zero attached hydrogens (tertiary/aromatic N) is 1. The molecule has 3 rings (SSSR count). The van der Waals surface area contributed by atoms with Gasteiger partial charge in [0.15, 0.2) is 0 Å². The summed E-state index contributed by atoms with van der Waals surface area (Å²) in [5.41, 5.74) is 7.43. The van der Waals surface area contributed by atoms with Crippen molar-refractivity contribution in [3.8, 4) is 0 Å². The van der Waals surface area contributed by atoms with Gasteiger partial charge in [-0.3, -0.25) is 14.4 Å². The number of nitrogens with one attached hydrogen (secondary N) is 2. The minimum atomic E-state index is -0.365. The molecule has 2 aromatic rings. The number of aryl methyl sites for hydroxylation is 2. The smallest absolute Gasteiger partial charge is 0.274 e. The molecule has 4 N–H and O–H groups in total. The van der Waals surface area contributed by atoms with Gasteiger partial charge in [-0.15, -0.1) is 0 Å². The first-order chi connectivity index (χ1) is 17.4. The largest absolute Gasteiger partial charge is 0.348 e. The van der Waals surface area contributed by atoms with Crippen LogP contribution in [0.4, 0.5) is 5.69 Å². The van der Waals surface area contributed by atoms with Crippen molar-refractivity contribution in [2.45, 2.75) is 59.0 Å². The number of fused-ring (bicyclic) bond motifs is 1. The maximum Gasteiger partial charge on any atom is 0.274 e. The highest BCUT2D eigenvalue weighted by atomic mass is 16.2. The van der Waals surface area contributed by atoms with Crippen LogP contribution in [0.3, 0.4) is 0 Å². The Labute approximate surface area is 214 Å². The van der Waals surface area contributed by atoms with Crippen molar-refractivity contribution in [2.75, 3.05) is 12.4 Å². The van der Waals surface area contributed by atoms with E-state index in [2.05, 4.69) is 35.1 Å². The molecule has 0 fully saturated rings. The first-order valence-electron chi connectivity index (χ1n) is 12.3. The molecule has 1 unspecified atom stereocenters. The van der Waals surface area contributed by atoms with E-state index in [9.17, 15) is 14.4 Å². The van der Waals surface area contributed by atoms with Crippen molar-refractivity contribution in [1.82, 2.24) is 9.88 Å². The van der Waals surface area contributed by atoms with E-state index in [4.69, 9.17) is 0 Å². The summed E-state index contributed by atoms with van der Waals surface area (Å²) in [4.78, 5) is 36.9. The zero-order valence-electron chi connectivity index (χ0n) is 21.9. The van der Waals surface area contributed by atoms with Crippen LogP contribution >= 0.6 is 0 Å². The third-order valence-corrected chi connectivity index (χ3v) is 5.54. The summed E-state index contributed by atoms with van der Waals surface area (Å²) in [6.45, 7) is 8.91. The van der Waals surface area contributed by atoms with Crippen molar-refractivity contribution in [2.24, 2.45) is 5.73 Å². The maximum atomic E-state index is 12.6. The SMILES string of the molecule is C=C/C=C\C=C/C.CCC(=O)Nc1ccc(C)n(CC(=O)NC2CCCc3ccccc32)c1=O.CN. The van der Waals surface area contributed by atoms with Gasteiger partial charge in [-0.1, -0.05) is 68.1 Å². The Morgan fingerprint density at radius 1 is 1.11 bits per heavy atom. The lowest BCUT2D eigenvalue weighted by Crippen LogP contribution is -2.37. The molecule has 0 saturated carbocycles. The molecule has 1 aliphatic rings. The second-order valence-electron chi connectivity index (χ2n) is 8.04. The highest BCUT2D eigenvalue weighted by Crippen LogP contribution is 2.29. The first-order valence-corrected chi connectivity index (χ1v) is 12.3. The van der Waals surface area contributed by atoms with Gasteiger partial charge in [0.1, 0.15) is 12.2 Å². The summed E-state index contributed by atoms with van der Waals surface area (Å²) in [5.74, 6) is -0.438. The van der Waals surface area contributed by atoms with Gasteiger partial charge in [0, 0.05) is 12.1 Å². The number of benzene rings is 1. The highest BCUT2D eigenvalue weighted by Gasteiger charge is 2.22. The van der Waals surface area contributed by atoms with Gasteiger partial charge in [-0.25, -0.2) is 0 Å². The summed E-state index contributed by atoms with van der Waals surface area (Å²) in [6, 6.07) is 11.4. The van der Waals surface area contributed by atoms with Crippen molar-refractivity contribution in [1.29, 1.82) is 0 Å². The topological polar surface area (TPSA) is 106 Å². The van der Waals surface area contributed by atoms with Gasteiger partial charge in [0.25, 0.3) is 5.56 Å². The Hall–Kier alpha value is -3.71. The number of pyridine rings is 1. The molecular formula is C29H40N4O3. The molecule has 0 aliphatic heterocycles. The van der Waals surface area contributed by atoms with Gasteiger partial charge < -0.3 is 20.9 Å². The molecule has 0 bridgehead atoms. The van der Waals surface area contributed by atoms with Gasteiger partial charge in [-0.05, 0) is 63.4 Å². The number of nitrogens with two attached hydrogens (primary N) is 1. The molecule has 0 radical (unpaired) electrons. The number of aromatic nitrogens is 1. The normalized spacial score (nSPS) is 14.1. The Kier molecular flexibility index (Phi) is 14.2. The third kappa shape index (κ3) is 9.50. The molecule has 0 spiro atoms. The maximum absolute atomic E-state index is 12.6. The van der Waals surface area contributed by atoms with Crippen molar-refractivity contribution in [3.63, 3.8) is 0 Å². The Balaban J connectivity index is 0.000000623. The second-order valence-corrected chi connectivity index (χ2v) is 8.04. The zero-order chi connectivity index (χ0) is 26.9. The van der Waals surface area contributed by atoms with Crippen LogP contribution in [-0.2, 0) is 22.6 Å². The molecular weight excluding hydrogens is 452 g/mol. The summed E-state index contributed by atoms with van der Waals surface area (Å²) in [6.07, 6.45) is 12.7. The molecule has 1 heterocycles. The van der Waals surface area contributed by atoms with Crippen LogP contribution in [0.5, 0.6) is 0 Å². The molecule has 7 heteroatoms. The monoisotopic (exact) mass is 492 g/mol. The van der Waals surface area contributed by atoms with Crippen molar-refractivity contribution >= 4 is 17.5 Å². The van der Waals surface area contributed by atoms with E-state index in [1.54, 1.807) is 32.1 Å². The molecule has 1 aromatic heterocycles. The number of hydrogen-bond donors (Lipinski definition) is 3. The predicted octanol–water partition coefficient (Wildman–Crippen LogP) is 4.58. The van der Waals surface area contributed by atoms with Crippen LogP contribution in [0.15, 0.2) is 78.2 Å². The van der Waals surface area contributed by atoms with E-state index in [0.29, 0.717) is 5.69 Å². The van der Waals surface area contributed by atoms with Crippen LogP contribution in [0.25, 0.3) is 0 Å². The molecule has 1 atom stereocenters. The molecule has 194 valence electrons. The van der Waals surface area contributed by atoms with E-state index in [1.807, 2.05) is 43.4 Å². The standard InChI is InChI=1S/C21H25N3O3.C7H10.CH5N/c1-3-19(25)23-18-12-11-14(2)24(21(18)27)13-20(26)22-17-10-6-8-15-7-4-5-9-16(15)17;1-3-5-7-6-4-2;1-2/h4-5,7,9,11-12,17H,3,6,8,10,13H2,1-2H3,(H,22,26)(H,23,25);3-7H,1H2,2H3;2H2,1H3/b;6-4-,7-5-;. The molecule has 36 heavy (non-hydrogen) atoms. The Bertz CT molecular complexity index is 1120. The minimum Gasteiger partial charge on any atom is -0.348 e. The average Bonchev–Trinajstić information content (AvgIpc) is 2.90. The first kappa shape index (κ1) is 30.3. The fourth-order valence-corrected chi connectivity index (χ4v) is 3.74. The van der Waals surface area contributed by atoms with E-state index >= 15 is 0 Å². The quantitative estimate of drug-likeness (QED) is 0.492. The molecule has 2 amide bonds. The molecule has 1 aromatic carbocycles. The Morgan fingerprint density at radius 3 is 2.50 bits per heavy atom. The number of anilines is 1. The van der Waals surface area contributed by atoms with E-state index in [-0.39, 0.29) is 42.1 Å². The summed E-state index contributed by atoms with van der Waals surface area (Å²) in [5, 5.41) is 5.65. The van der Waals surface area contributed by atoms with Gasteiger partial charge >= 0.3 is 0 Å². The zero-order valence-corrected chi connectivity index (χ0v) is 21.9. The summed E-state index contributed by atoms with van der Waals surface area (Å²) in [7, 11) is 1.50. The lowest BCUT2D eigenvalue weighted by Gasteiger charge is -2.26. The molecule has 7 nitrogen and oxygen atoms in total. The highest BCUT2D eigenvalue weighted by molar-refractivity contribution is 5.90.